The Morgan fingerprint density at radius 3 is 2.52 bits per heavy atom. The number of hydrogen-bond acceptors (Lipinski definition) is 9. The molecule has 1 saturated heterocycles. The first kappa shape index (κ1) is 39.8. The number of aryl methyl sites for hydroxylation is 2. The molecular weight excluding hydrogens is 756 g/mol. The number of alkyl halides is 3. The van der Waals surface area contributed by atoms with Crippen molar-refractivity contribution in [2.75, 3.05) is 6.54 Å². The van der Waals surface area contributed by atoms with E-state index in [0.29, 0.717) is 43.1 Å². The zero-order valence-electron chi connectivity index (χ0n) is 31.9. The van der Waals surface area contributed by atoms with E-state index in [2.05, 4.69) is 20.3 Å². The van der Waals surface area contributed by atoms with Gasteiger partial charge in [0.05, 0.1) is 28.6 Å². The van der Waals surface area contributed by atoms with Gasteiger partial charge >= 0.3 is 12.3 Å². The fraction of sp³-hybridized carbons (Fsp3) is 0.615. The average Bonchev–Trinajstić information content (AvgIpc) is 4.03. The van der Waals surface area contributed by atoms with Crippen molar-refractivity contribution in [3.8, 4) is 5.75 Å². The maximum absolute atomic E-state index is 14.7. The maximum atomic E-state index is 14.7. The number of benzene rings is 1. The summed E-state index contributed by atoms with van der Waals surface area (Å²) in [4.78, 5) is 61.7. The van der Waals surface area contributed by atoms with Crippen LogP contribution in [-0.4, -0.2) is 82.7 Å². The highest BCUT2D eigenvalue weighted by atomic mass is 32.2. The number of rotatable bonds is 4. The number of carbonyl (C=O) groups excluding carboxylic acids is 4. The summed E-state index contributed by atoms with van der Waals surface area (Å²) >= 11 is 0. The quantitative estimate of drug-likeness (QED) is 0.355. The molecule has 3 N–H and O–H groups in total. The summed E-state index contributed by atoms with van der Waals surface area (Å²) in [5, 5.41) is 5.18. The van der Waals surface area contributed by atoms with Crippen molar-refractivity contribution < 1.29 is 50.2 Å². The van der Waals surface area contributed by atoms with Crippen LogP contribution in [0.5, 0.6) is 5.75 Å². The molecule has 1 aromatic carbocycles. The van der Waals surface area contributed by atoms with Crippen molar-refractivity contribution >= 4 is 44.7 Å². The molecule has 0 radical (unpaired) electrons. The second kappa shape index (κ2) is 14.2. The largest absolute Gasteiger partial charge is 0.483 e. The van der Waals surface area contributed by atoms with E-state index in [0.717, 1.165) is 12.5 Å². The van der Waals surface area contributed by atoms with E-state index in [1.807, 2.05) is 12.2 Å². The Hall–Kier alpha value is -4.41. The van der Waals surface area contributed by atoms with Gasteiger partial charge in [0, 0.05) is 23.3 Å². The summed E-state index contributed by atoms with van der Waals surface area (Å²) < 4.78 is 82.0. The number of nitrogens with zero attached hydrogens (tertiary/aromatic N) is 2. The van der Waals surface area contributed by atoms with Gasteiger partial charge in [0.25, 0.3) is 5.91 Å². The Morgan fingerprint density at radius 1 is 1.07 bits per heavy atom. The molecule has 1 aromatic heterocycles. The monoisotopic (exact) mass is 803 g/mol. The number of pyridine rings is 1. The molecule has 0 unspecified atom stereocenters. The molecule has 0 bridgehead atoms. The van der Waals surface area contributed by atoms with Gasteiger partial charge in [-0.2, -0.15) is 13.2 Å². The van der Waals surface area contributed by atoms with Gasteiger partial charge in [-0.1, -0.05) is 37.1 Å². The van der Waals surface area contributed by atoms with E-state index in [1.165, 1.54) is 11.0 Å². The van der Waals surface area contributed by atoms with Crippen LogP contribution in [0.1, 0.15) is 102 Å². The molecule has 4 heterocycles. The summed E-state index contributed by atoms with van der Waals surface area (Å²) in [5.74, 6) is -2.33. The third-order valence-electron chi connectivity index (χ3n) is 11.4. The SMILES string of the molecule is Cc1nc2c(C(F)(F)F)cccc2c2c1O[C@]1(CC2)C[C@H]2C(=O)N[C@]3(C(=O)NS(=O)(=O)C4CC4)C[C@H]3/C=C\CCCCC[C@H](NC(=O)OC(C)(C)C)C(=O)N2C1. The van der Waals surface area contributed by atoms with E-state index in [1.54, 1.807) is 33.8 Å². The van der Waals surface area contributed by atoms with Crippen LogP contribution < -0.4 is 20.1 Å². The molecule has 5 aliphatic rings. The van der Waals surface area contributed by atoms with Crippen molar-refractivity contribution in [1.29, 1.82) is 0 Å². The van der Waals surface area contributed by atoms with Gasteiger partial charge in [0.1, 0.15) is 34.6 Å². The highest BCUT2D eigenvalue weighted by molar-refractivity contribution is 7.91. The zero-order valence-corrected chi connectivity index (χ0v) is 32.7. The molecule has 2 saturated carbocycles. The van der Waals surface area contributed by atoms with Gasteiger partial charge < -0.3 is 25.0 Å². The van der Waals surface area contributed by atoms with Crippen LogP contribution in [0.2, 0.25) is 0 Å². The van der Waals surface area contributed by atoms with Gasteiger partial charge in [0.15, 0.2) is 0 Å². The van der Waals surface area contributed by atoms with E-state index < -0.39 is 85.6 Å². The van der Waals surface area contributed by atoms with E-state index in [9.17, 15) is 40.8 Å². The predicted octanol–water partition coefficient (Wildman–Crippen LogP) is 5.12. The van der Waals surface area contributed by atoms with Gasteiger partial charge in [-0.15, -0.1) is 0 Å². The first-order valence-corrected chi connectivity index (χ1v) is 20.8. The molecule has 13 nitrogen and oxygen atoms in total. The highest BCUT2D eigenvalue weighted by Gasteiger charge is 2.63. The van der Waals surface area contributed by atoms with Crippen LogP contribution in [0, 0.1) is 12.8 Å². The molecule has 1 spiro atoms. The second-order valence-electron chi connectivity index (χ2n) is 16.9. The van der Waals surface area contributed by atoms with Crippen LogP contribution in [-0.2, 0) is 41.7 Å². The van der Waals surface area contributed by atoms with Gasteiger partial charge in [-0.05, 0) is 85.1 Å². The lowest BCUT2D eigenvalue weighted by Gasteiger charge is -2.37. The minimum Gasteiger partial charge on any atom is -0.483 e. The summed E-state index contributed by atoms with van der Waals surface area (Å²) in [7, 11) is -3.95. The summed E-state index contributed by atoms with van der Waals surface area (Å²) in [6.07, 6.45) is 2.64. The molecule has 4 amide bonds. The molecule has 5 atom stereocenters. The van der Waals surface area contributed by atoms with Crippen molar-refractivity contribution in [3.05, 3.63) is 47.2 Å². The summed E-state index contributed by atoms with van der Waals surface area (Å²) in [6, 6.07) is 1.55. The number of alkyl carbamates (subject to hydrolysis) is 1. The van der Waals surface area contributed by atoms with Gasteiger partial charge in [-0.3, -0.25) is 19.1 Å². The van der Waals surface area contributed by atoms with Crippen LogP contribution in [0.3, 0.4) is 0 Å². The van der Waals surface area contributed by atoms with E-state index in [4.69, 9.17) is 9.47 Å². The molecule has 56 heavy (non-hydrogen) atoms. The molecular formula is C39H48F3N5O8S. The fourth-order valence-corrected chi connectivity index (χ4v) is 9.65. The topological polar surface area (TPSA) is 173 Å². The second-order valence-corrected chi connectivity index (χ2v) is 18.8. The maximum Gasteiger partial charge on any atom is 0.418 e. The molecule has 2 aromatic rings. The van der Waals surface area contributed by atoms with E-state index in [-0.39, 0.29) is 55.6 Å². The van der Waals surface area contributed by atoms with Crippen LogP contribution in [0.4, 0.5) is 18.0 Å². The third kappa shape index (κ3) is 7.92. The first-order valence-electron chi connectivity index (χ1n) is 19.3. The number of nitrogens with one attached hydrogen (secondary N) is 3. The minimum atomic E-state index is -4.63. The molecule has 304 valence electrons. The van der Waals surface area contributed by atoms with Crippen molar-refractivity contribution in [2.45, 2.75) is 139 Å². The number of allylic oxidation sites excluding steroid dienone is 1. The lowest BCUT2D eigenvalue weighted by atomic mass is 9.86. The van der Waals surface area contributed by atoms with Gasteiger partial charge in [0.2, 0.25) is 21.8 Å². The number of sulfonamides is 1. The number of amides is 4. The molecule has 7 rings (SSSR count). The number of para-hydroxylation sites is 1. The van der Waals surface area contributed by atoms with Crippen LogP contribution in [0.15, 0.2) is 30.4 Å². The van der Waals surface area contributed by atoms with Crippen molar-refractivity contribution in [3.63, 3.8) is 0 Å². The molecule has 3 aliphatic heterocycles. The lowest BCUT2D eigenvalue weighted by Crippen LogP contribution is -2.58. The van der Waals surface area contributed by atoms with Crippen LogP contribution in [0.25, 0.3) is 10.9 Å². The Kier molecular flexibility index (Phi) is 10.1. The smallest absolute Gasteiger partial charge is 0.418 e. The summed E-state index contributed by atoms with van der Waals surface area (Å²) in [6.45, 7) is 6.51. The minimum absolute atomic E-state index is 0.0538. The lowest BCUT2D eigenvalue weighted by molar-refractivity contribution is -0.141. The Bertz CT molecular complexity index is 2100. The van der Waals surface area contributed by atoms with Crippen LogP contribution >= 0.6 is 0 Å². The van der Waals surface area contributed by atoms with E-state index >= 15 is 0 Å². The standard InChI is InChI=1S/C39H48F3N5O8S/c1-22-31-26(25-12-10-13-27(30(25)43-22)39(40,41)42)17-18-37(54-31)20-29-32(48)45-38(34(50)46-56(52,53)24-15-16-24)19-23(38)11-8-6-5-7-9-14-28(33(49)47(29)21-37)44-35(51)55-36(2,3)4/h8,10-13,23-24,28-29H,5-7,9,14-21H2,1-4H3,(H,44,51)(H,45,48)(H,46,50)/b11-8-/t23-,28+,29+,37-,38-/m1/s1. The number of fused-ring (bicyclic) bond motifs is 5. The Labute approximate surface area is 323 Å². The fourth-order valence-electron chi connectivity index (χ4n) is 8.29. The van der Waals surface area contributed by atoms with Crippen molar-refractivity contribution in [2.24, 2.45) is 5.92 Å². The predicted molar refractivity (Wildman–Crippen MR) is 198 cm³/mol. The molecule has 3 fully saturated rings. The van der Waals surface area contributed by atoms with Gasteiger partial charge in [-0.25, -0.2) is 18.2 Å². The number of hydrogen-bond donors (Lipinski definition) is 3. The number of ether oxygens (including phenoxy) is 2. The first-order chi connectivity index (χ1) is 26.2. The number of halogens is 3. The zero-order chi connectivity index (χ0) is 40.4. The molecule has 2 aliphatic carbocycles. The third-order valence-corrected chi connectivity index (χ3v) is 13.2. The average molecular weight is 804 g/mol. The van der Waals surface area contributed by atoms with Crippen molar-refractivity contribution in [1.82, 2.24) is 25.2 Å². The molecule has 17 heteroatoms. The summed E-state index contributed by atoms with van der Waals surface area (Å²) in [5.41, 5.74) is -3.94. The Balaban J connectivity index is 1.24. The highest BCUT2D eigenvalue weighted by Crippen LogP contribution is 2.48. The number of aromatic nitrogens is 1. The normalized spacial score (nSPS) is 29.1. The Morgan fingerprint density at radius 2 is 1.82 bits per heavy atom. The number of carbonyl (C=O) groups is 4.